The molecule has 0 bridgehead atoms. The van der Waals surface area contributed by atoms with Crippen LogP contribution in [0.5, 0.6) is 0 Å². The number of amides is 1. The lowest BCUT2D eigenvalue weighted by Crippen LogP contribution is -2.33. The van der Waals surface area contributed by atoms with Gasteiger partial charge in [0.15, 0.2) is 0 Å². The lowest BCUT2D eigenvalue weighted by Gasteiger charge is -2.20. The van der Waals surface area contributed by atoms with E-state index in [2.05, 4.69) is 32.0 Å². The molecule has 2 rings (SSSR count). The highest BCUT2D eigenvalue weighted by Gasteiger charge is 2.15. The predicted octanol–water partition coefficient (Wildman–Crippen LogP) is 3.80. The standard InChI is InChI=1S/C16H23NOS/c1-13-7-8-15(11-14(13)2)19-12-16(18)17-9-5-3-4-6-10-17/h7-8,11H,3-6,9-10,12H2,1-2H3. The van der Waals surface area contributed by atoms with Crippen LogP contribution in [0.3, 0.4) is 0 Å². The highest BCUT2D eigenvalue weighted by atomic mass is 32.2. The average Bonchev–Trinajstić information content (AvgIpc) is 2.69. The topological polar surface area (TPSA) is 20.3 Å². The summed E-state index contributed by atoms with van der Waals surface area (Å²) in [5, 5.41) is 0. The van der Waals surface area contributed by atoms with Crippen LogP contribution in [-0.4, -0.2) is 29.6 Å². The number of carbonyl (C=O) groups excluding carboxylic acids is 1. The van der Waals surface area contributed by atoms with Crippen LogP contribution in [0.2, 0.25) is 0 Å². The number of hydrogen-bond acceptors (Lipinski definition) is 2. The third-order valence-corrected chi connectivity index (χ3v) is 4.78. The van der Waals surface area contributed by atoms with E-state index in [9.17, 15) is 4.79 Å². The molecule has 2 nitrogen and oxygen atoms in total. The van der Waals surface area contributed by atoms with Gasteiger partial charge >= 0.3 is 0 Å². The molecule has 0 aromatic heterocycles. The monoisotopic (exact) mass is 277 g/mol. The molecule has 3 heteroatoms. The van der Waals surface area contributed by atoms with Gasteiger partial charge in [-0.3, -0.25) is 4.79 Å². The number of likely N-dealkylation sites (tertiary alicyclic amines) is 1. The summed E-state index contributed by atoms with van der Waals surface area (Å²) in [5.74, 6) is 0.868. The summed E-state index contributed by atoms with van der Waals surface area (Å²) in [5.41, 5.74) is 2.61. The number of nitrogens with zero attached hydrogens (tertiary/aromatic N) is 1. The second-order valence-electron chi connectivity index (χ2n) is 5.33. The SMILES string of the molecule is Cc1ccc(SCC(=O)N2CCCCCC2)cc1C. The lowest BCUT2D eigenvalue weighted by atomic mass is 10.1. The second kappa shape index (κ2) is 6.99. The highest BCUT2D eigenvalue weighted by Crippen LogP contribution is 2.22. The van der Waals surface area contributed by atoms with Crippen LogP contribution in [0.1, 0.15) is 36.8 Å². The van der Waals surface area contributed by atoms with Crippen LogP contribution < -0.4 is 0 Å². The second-order valence-corrected chi connectivity index (χ2v) is 6.38. The van der Waals surface area contributed by atoms with Crippen molar-refractivity contribution < 1.29 is 4.79 Å². The Labute approximate surface area is 120 Å². The minimum absolute atomic E-state index is 0.296. The fraction of sp³-hybridized carbons (Fsp3) is 0.562. The highest BCUT2D eigenvalue weighted by molar-refractivity contribution is 8.00. The third-order valence-electron chi connectivity index (χ3n) is 3.80. The predicted molar refractivity (Wildman–Crippen MR) is 81.7 cm³/mol. The van der Waals surface area contributed by atoms with Gasteiger partial charge in [-0.2, -0.15) is 0 Å². The van der Waals surface area contributed by atoms with Crippen LogP contribution in [0, 0.1) is 13.8 Å². The van der Waals surface area contributed by atoms with E-state index in [0.717, 1.165) is 13.1 Å². The molecule has 1 saturated heterocycles. The van der Waals surface area contributed by atoms with E-state index in [-0.39, 0.29) is 0 Å². The number of aryl methyl sites for hydroxylation is 2. The van der Waals surface area contributed by atoms with Crippen LogP contribution in [0.25, 0.3) is 0 Å². The maximum atomic E-state index is 12.2. The Bertz CT molecular complexity index is 436. The lowest BCUT2D eigenvalue weighted by molar-refractivity contribution is -0.128. The van der Waals surface area contributed by atoms with Crippen molar-refractivity contribution in [2.45, 2.75) is 44.4 Å². The molecule has 1 aliphatic heterocycles. The Morgan fingerprint density at radius 3 is 2.42 bits per heavy atom. The minimum Gasteiger partial charge on any atom is -0.342 e. The van der Waals surface area contributed by atoms with Gasteiger partial charge < -0.3 is 4.90 Å². The Kier molecular flexibility index (Phi) is 5.32. The molecule has 0 atom stereocenters. The average molecular weight is 277 g/mol. The summed E-state index contributed by atoms with van der Waals surface area (Å²) < 4.78 is 0. The van der Waals surface area contributed by atoms with E-state index >= 15 is 0 Å². The smallest absolute Gasteiger partial charge is 0.232 e. The number of thioether (sulfide) groups is 1. The zero-order chi connectivity index (χ0) is 13.7. The molecule has 1 heterocycles. The largest absolute Gasteiger partial charge is 0.342 e. The zero-order valence-corrected chi connectivity index (χ0v) is 12.8. The van der Waals surface area contributed by atoms with Gasteiger partial charge in [-0.1, -0.05) is 18.9 Å². The molecule has 1 aromatic carbocycles. The fourth-order valence-corrected chi connectivity index (χ4v) is 3.26. The van der Waals surface area contributed by atoms with Gasteiger partial charge in [0.25, 0.3) is 0 Å². The van der Waals surface area contributed by atoms with Crippen molar-refractivity contribution in [1.82, 2.24) is 4.90 Å². The van der Waals surface area contributed by atoms with Crippen LogP contribution in [-0.2, 0) is 4.79 Å². The van der Waals surface area contributed by atoms with Crippen molar-refractivity contribution in [3.8, 4) is 0 Å². The quantitative estimate of drug-likeness (QED) is 0.783. The van der Waals surface area contributed by atoms with Crippen LogP contribution >= 0.6 is 11.8 Å². The van der Waals surface area contributed by atoms with Gasteiger partial charge in [-0.15, -0.1) is 11.8 Å². The van der Waals surface area contributed by atoms with E-state index in [1.807, 2.05) is 4.90 Å². The molecule has 0 radical (unpaired) electrons. The molecule has 0 aliphatic carbocycles. The van der Waals surface area contributed by atoms with Crippen molar-refractivity contribution in [1.29, 1.82) is 0 Å². The van der Waals surface area contributed by atoms with Crippen LogP contribution in [0.4, 0.5) is 0 Å². The summed E-state index contributed by atoms with van der Waals surface area (Å²) >= 11 is 1.66. The summed E-state index contributed by atoms with van der Waals surface area (Å²) in [6, 6.07) is 6.42. The normalized spacial score (nSPS) is 16.2. The molecule has 1 aromatic rings. The molecule has 1 fully saturated rings. The first kappa shape index (κ1) is 14.4. The molecule has 1 amide bonds. The van der Waals surface area contributed by atoms with Gasteiger partial charge in [-0.05, 0) is 49.9 Å². The maximum absolute atomic E-state index is 12.2. The molecule has 0 spiro atoms. The van der Waals surface area contributed by atoms with Gasteiger partial charge in [0.1, 0.15) is 0 Å². The summed E-state index contributed by atoms with van der Waals surface area (Å²) in [7, 11) is 0. The summed E-state index contributed by atoms with van der Waals surface area (Å²) in [6.45, 7) is 6.14. The van der Waals surface area contributed by atoms with Gasteiger partial charge in [0.2, 0.25) is 5.91 Å². The molecule has 1 aliphatic rings. The summed E-state index contributed by atoms with van der Waals surface area (Å²) in [4.78, 5) is 15.4. The van der Waals surface area contributed by atoms with Gasteiger partial charge in [0.05, 0.1) is 5.75 Å². The van der Waals surface area contributed by atoms with Crippen molar-refractivity contribution >= 4 is 17.7 Å². The minimum atomic E-state index is 0.296. The Balaban J connectivity index is 1.86. The van der Waals surface area contributed by atoms with Crippen molar-refractivity contribution in [2.75, 3.05) is 18.8 Å². The summed E-state index contributed by atoms with van der Waals surface area (Å²) in [6.07, 6.45) is 4.88. The Morgan fingerprint density at radius 1 is 1.11 bits per heavy atom. The molecular weight excluding hydrogens is 254 g/mol. The zero-order valence-electron chi connectivity index (χ0n) is 11.9. The van der Waals surface area contributed by atoms with E-state index in [4.69, 9.17) is 0 Å². The van der Waals surface area contributed by atoms with Gasteiger partial charge in [0, 0.05) is 18.0 Å². The first-order chi connectivity index (χ1) is 9.16. The van der Waals surface area contributed by atoms with Crippen molar-refractivity contribution in [2.24, 2.45) is 0 Å². The third kappa shape index (κ3) is 4.27. The number of benzene rings is 1. The maximum Gasteiger partial charge on any atom is 0.232 e. The number of carbonyl (C=O) groups is 1. The van der Waals surface area contributed by atoms with Crippen LogP contribution in [0.15, 0.2) is 23.1 Å². The van der Waals surface area contributed by atoms with E-state index in [1.54, 1.807) is 11.8 Å². The molecule has 0 N–H and O–H groups in total. The van der Waals surface area contributed by atoms with E-state index < -0.39 is 0 Å². The molecule has 104 valence electrons. The van der Waals surface area contributed by atoms with E-state index in [0.29, 0.717) is 11.7 Å². The fourth-order valence-electron chi connectivity index (χ4n) is 2.36. The first-order valence-corrected chi connectivity index (χ1v) is 8.13. The molecular formula is C16H23NOS. The molecule has 0 unspecified atom stereocenters. The Morgan fingerprint density at radius 2 is 1.79 bits per heavy atom. The Hall–Kier alpha value is -0.960. The molecule has 19 heavy (non-hydrogen) atoms. The van der Waals surface area contributed by atoms with Crippen molar-refractivity contribution in [3.05, 3.63) is 29.3 Å². The first-order valence-electron chi connectivity index (χ1n) is 7.14. The number of rotatable bonds is 3. The molecule has 0 saturated carbocycles. The number of hydrogen-bond donors (Lipinski definition) is 0. The van der Waals surface area contributed by atoms with Gasteiger partial charge in [-0.25, -0.2) is 0 Å². The van der Waals surface area contributed by atoms with E-state index in [1.165, 1.54) is 41.7 Å². The van der Waals surface area contributed by atoms with Crippen molar-refractivity contribution in [3.63, 3.8) is 0 Å².